The molecule has 0 fully saturated rings. The van der Waals surface area contributed by atoms with Crippen LogP contribution in [0.4, 0.5) is 0 Å². The van der Waals surface area contributed by atoms with Crippen molar-refractivity contribution in [1.29, 1.82) is 0 Å². The Hall–Kier alpha value is -2.01. The molecule has 2 aromatic carbocycles. The molecule has 2 rings (SSSR count). The summed E-state index contributed by atoms with van der Waals surface area (Å²) in [5, 5.41) is 9.13. The van der Waals surface area contributed by atoms with Gasteiger partial charge in [-0.3, -0.25) is 0 Å². The number of methoxy groups -OCH3 is 1. The van der Waals surface area contributed by atoms with Crippen LogP contribution in [0.2, 0.25) is 0 Å². The highest BCUT2D eigenvalue weighted by Gasteiger charge is 2.06. The van der Waals surface area contributed by atoms with Crippen molar-refractivity contribution in [2.75, 3.05) is 7.11 Å². The standard InChI is InChI=1S/C13H12O4S/c1-16-11-4-6-12(7-5-11)17-18(15)13-8-2-10(14)3-9-13/h2-9,14H,1H3. The van der Waals surface area contributed by atoms with Crippen LogP contribution in [0.15, 0.2) is 53.4 Å². The Bertz CT molecular complexity index is 534. The van der Waals surface area contributed by atoms with E-state index >= 15 is 0 Å². The Balaban J connectivity index is 2.08. The number of benzene rings is 2. The molecule has 0 saturated carbocycles. The van der Waals surface area contributed by atoms with E-state index in [1.807, 2.05) is 0 Å². The van der Waals surface area contributed by atoms with Gasteiger partial charge in [0.25, 0.3) is 0 Å². The number of aromatic hydroxyl groups is 1. The van der Waals surface area contributed by atoms with Crippen LogP contribution in [0.5, 0.6) is 17.2 Å². The van der Waals surface area contributed by atoms with E-state index in [0.29, 0.717) is 16.4 Å². The van der Waals surface area contributed by atoms with E-state index in [9.17, 15) is 4.21 Å². The Morgan fingerprint density at radius 3 is 2.06 bits per heavy atom. The minimum atomic E-state index is -1.60. The van der Waals surface area contributed by atoms with E-state index < -0.39 is 11.1 Å². The van der Waals surface area contributed by atoms with E-state index in [4.69, 9.17) is 14.0 Å². The Morgan fingerprint density at radius 1 is 0.944 bits per heavy atom. The summed E-state index contributed by atoms with van der Waals surface area (Å²) in [6.07, 6.45) is 0. The summed E-state index contributed by atoms with van der Waals surface area (Å²) >= 11 is -1.60. The fourth-order valence-electron chi connectivity index (χ4n) is 1.32. The molecule has 18 heavy (non-hydrogen) atoms. The molecule has 0 radical (unpaired) electrons. The van der Waals surface area contributed by atoms with Crippen molar-refractivity contribution in [2.24, 2.45) is 0 Å². The summed E-state index contributed by atoms with van der Waals surface area (Å²) in [5.74, 6) is 1.32. The summed E-state index contributed by atoms with van der Waals surface area (Å²) in [5.41, 5.74) is 0. The van der Waals surface area contributed by atoms with Gasteiger partial charge >= 0.3 is 0 Å². The smallest absolute Gasteiger partial charge is 0.240 e. The number of ether oxygens (including phenoxy) is 1. The molecule has 0 spiro atoms. The maximum Gasteiger partial charge on any atom is 0.240 e. The van der Waals surface area contributed by atoms with Crippen molar-refractivity contribution in [2.45, 2.75) is 4.90 Å². The zero-order valence-corrected chi connectivity index (χ0v) is 10.5. The van der Waals surface area contributed by atoms with E-state index in [-0.39, 0.29) is 5.75 Å². The van der Waals surface area contributed by atoms with Crippen LogP contribution in [-0.4, -0.2) is 16.4 Å². The second-order valence-electron chi connectivity index (χ2n) is 3.49. The van der Waals surface area contributed by atoms with Gasteiger partial charge in [0.1, 0.15) is 17.2 Å². The number of hydrogen-bond acceptors (Lipinski definition) is 4. The second kappa shape index (κ2) is 5.55. The molecule has 0 saturated heterocycles. The Kier molecular flexibility index (Phi) is 3.84. The monoisotopic (exact) mass is 264 g/mol. The lowest BCUT2D eigenvalue weighted by Crippen LogP contribution is -2.00. The van der Waals surface area contributed by atoms with Gasteiger partial charge in [-0.25, -0.2) is 4.21 Å². The molecule has 0 heterocycles. The molecule has 1 atom stereocenters. The summed E-state index contributed by atoms with van der Waals surface area (Å²) in [7, 11) is 1.57. The predicted molar refractivity (Wildman–Crippen MR) is 68.1 cm³/mol. The van der Waals surface area contributed by atoms with Crippen molar-refractivity contribution >= 4 is 11.1 Å². The van der Waals surface area contributed by atoms with Gasteiger partial charge < -0.3 is 14.0 Å². The average Bonchev–Trinajstić information content (AvgIpc) is 2.40. The number of phenols is 1. The maximum absolute atomic E-state index is 11.9. The van der Waals surface area contributed by atoms with Gasteiger partial charge in [0, 0.05) is 0 Å². The van der Waals surface area contributed by atoms with E-state index in [2.05, 4.69) is 0 Å². The summed E-state index contributed by atoms with van der Waals surface area (Å²) in [6.45, 7) is 0. The zero-order valence-electron chi connectivity index (χ0n) is 9.70. The van der Waals surface area contributed by atoms with Crippen molar-refractivity contribution in [3.63, 3.8) is 0 Å². The average molecular weight is 264 g/mol. The normalized spacial score (nSPS) is 11.8. The van der Waals surface area contributed by atoms with Crippen molar-refractivity contribution in [3.05, 3.63) is 48.5 Å². The van der Waals surface area contributed by atoms with E-state index in [1.165, 1.54) is 12.1 Å². The highest BCUT2D eigenvalue weighted by atomic mass is 32.2. The molecule has 0 aliphatic carbocycles. The van der Waals surface area contributed by atoms with E-state index in [0.717, 1.165) is 0 Å². The fourth-order valence-corrected chi connectivity index (χ4v) is 2.06. The number of phenolic OH excluding ortho intramolecular Hbond substituents is 1. The molecule has 1 unspecified atom stereocenters. The summed E-state index contributed by atoms with van der Waals surface area (Å²) in [4.78, 5) is 0.489. The SMILES string of the molecule is COc1ccc(OS(=O)c2ccc(O)cc2)cc1. The highest BCUT2D eigenvalue weighted by Crippen LogP contribution is 2.20. The summed E-state index contributed by atoms with van der Waals surface area (Å²) < 4.78 is 22.1. The fraction of sp³-hybridized carbons (Fsp3) is 0.0769. The van der Waals surface area contributed by atoms with Gasteiger partial charge in [0.15, 0.2) is 0 Å². The predicted octanol–water partition coefficient (Wildman–Crippen LogP) is 2.50. The Morgan fingerprint density at radius 2 is 1.50 bits per heavy atom. The van der Waals surface area contributed by atoms with Crippen LogP contribution in [-0.2, 0) is 11.1 Å². The molecule has 0 aliphatic rings. The van der Waals surface area contributed by atoms with Gasteiger partial charge in [-0.05, 0) is 48.5 Å². The maximum atomic E-state index is 11.9. The van der Waals surface area contributed by atoms with Gasteiger partial charge in [-0.1, -0.05) is 0 Å². The van der Waals surface area contributed by atoms with Crippen LogP contribution in [0.3, 0.4) is 0 Å². The third-order valence-electron chi connectivity index (χ3n) is 2.26. The quantitative estimate of drug-likeness (QED) is 0.921. The van der Waals surface area contributed by atoms with Crippen LogP contribution >= 0.6 is 0 Å². The highest BCUT2D eigenvalue weighted by molar-refractivity contribution is 7.80. The van der Waals surface area contributed by atoms with Crippen molar-refractivity contribution < 1.29 is 18.2 Å². The molecule has 1 N–H and O–H groups in total. The topological polar surface area (TPSA) is 55.8 Å². The molecule has 0 aliphatic heterocycles. The first-order valence-corrected chi connectivity index (χ1v) is 6.30. The number of hydrogen-bond donors (Lipinski definition) is 1. The Labute approximate surface area is 107 Å². The van der Waals surface area contributed by atoms with Crippen LogP contribution in [0.1, 0.15) is 0 Å². The lowest BCUT2D eigenvalue weighted by Gasteiger charge is -2.05. The van der Waals surface area contributed by atoms with Gasteiger partial charge in [-0.2, -0.15) is 0 Å². The third kappa shape index (κ3) is 3.01. The van der Waals surface area contributed by atoms with Gasteiger partial charge in [0.05, 0.1) is 12.0 Å². The van der Waals surface area contributed by atoms with Crippen LogP contribution < -0.4 is 8.92 Å². The van der Waals surface area contributed by atoms with Crippen molar-refractivity contribution in [1.82, 2.24) is 0 Å². The van der Waals surface area contributed by atoms with Gasteiger partial charge in [0.2, 0.25) is 11.1 Å². The van der Waals surface area contributed by atoms with Crippen LogP contribution in [0, 0.1) is 0 Å². The second-order valence-corrected chi connectivity index (χ2v) is 4.59. The largest absolute Gasteiger partial charge is 0.508 e. The van der Waals surface area contributed by atoms with Gasteiger partial charge in [-0.15, -0.1) is 0 Å². The number of rotatable bonds is 4. The van der Waals surface area contributed by atoms with Crippen LogP contribution in [0.25, 0.3) is 0 Å². The third-order valence-corrected chi connectivity index (χ3v) is 3.26. The first-order chi connectivity index (χ1) is 8.69. The van der Waals surface area contributed by atoms with E-state index in [1.54, 1.807) is 43.5 Å². The zero-order chi connectivity index (χ0) is 13.0. The molecular weight excluding hydrogens is 252 g/mol. The molecule has 5 heteroatoms. The lowest BCUT2D eigenvalue weighted by molar-refractivity contribution is 0.414. The molecule has 0 bridgehead atoms. The van der Waals surface area contributed by atoms with Crippen molar-refractivity contribution in [3.8, 4) is 17.2 Å². The molecular formula is C13H12O4S. The molecule has 4 nitrogen and oxygen atoms in total. The lowest BCUT2D eigenvalue weighted by atomic mass is 10.3. The summed E-state index contributed by atoms with van der Waals surface area (Å²) in [6, 6.07) is 12.8. The first kappa shape index (κ1) is 12.4. The molecule has 2 aromatic rings. The minimum Gasteiger partial charge on any atom is -0.508 e. The molecule has 0 amide bonds. The minimum absolute atomic E-state index is 0.125. The molecule has 0 aromatic heterocycles. The first-order valence-electron chi connectivity index (χ1n) is 5.22. The molecule has 94 valence electrons.